The predicted octanol–water partition coefficient (Wildman–Crippen LogP) is 4.97. The summed E-state index contributed by atoms with van der Waals surface area (Å²) in [7, 11) is 0. The van der Waals surface area contributed by atoms with Crippen LogP contribution in [0.1, 0.15) is 16.7 Å². The van der Waals surface area contributed by atoms with E-state index in [-0.39, 0.29) is 6.61 Å². The summed E-state index contributed by atoms with van der Waals surface area (Å²) in [4.78, 5) is 23.8. The van der Waals surface area contributed by atoms with Crippen molar-refractivity contribution < 1.29 is 14.3 Å². The molecule has 0 aromatic heterocycles. The van der Waals surface area contributed by atoms with E-state index < -0.39 is 11.8 Å². The number of rotatable bonds is 6. The molecule has 158 valence electrons. The third kappa shape index (κ3) is 6.57. The molecule has 3 rings (SSSR count). The fourth-order valence-corrected chi connectivity index (χ4v) is 3.05. The number of carbonyl (C=O) groups excluding carboxylic acids is 2. The first-order chi connectivity index (χ1) is 14.9. The number of aryl methyl sites for hydroxylation is 1. The number of halogens is 2. The molecule has 0 bridgehead atoms. The molecular weight excluding hydrogens is 437 g/mol. The van der Waals surface area contributed by atoms with Gasteiger partial charge in [-0.2, -0.15) is 5.10 Å². The number of ether oxygens (including phenoxy) is 1. The summed E-state index contributed by atoms with van der Waals surface area (Å²) >= 11 is 12.4. The van der Waals surface area contributed by atoms with Crippen LogP contribution < -0.4 is 15.5 Å². The lowest BCUT2D eigenvalue weighted by atomic mass is 10.2. The SMILES string of the molecule is Cc1cccc(NC(=O)C(=O)N/N=C\c2ccc(OCc3ccccc3Cl)c(Cl)c2)c1. The van der Waals surface area contributed by atoms with E-state index in [2.05, 4.69) is 15.8 Å². The zero-order valence-electron chi connectivity index (χ0n) is 16.6. The number of hydrogen-bond donors (Lipinski definition) is 2. The Hall–Kier alpha value is -3.35. The van der Waals surface area contributed by atoms with Gasteiger partial charge in [-0.05, 0) is 54.4 Å². The van der Waals surface area contributed by atoms with Crippen molar-refractivity contribution in [2.75, 3.05) is 5.32 Å². The van der Waals surface area contributed by atoms with Crippen LogP contribution >= 0.6 is 23.2 Å². The quantitative estimate of drug-likeness (QED) is 0.312. The fourth-order valence-electron chi connectivity index (χ4n) is 2.61. The maximum absolute atomic E-state index is 11.9. The first-order valence-corrected chi connectivity index (χ1v) is 10.0. The molecular formula is C23H19Cl2N3O3. The molecule has 3 aromatic carbocycles. The monoisotopic (exact) mass is 455 g/mol. The molecule has 0 radical (unpaired) electrons. The molecule has 31 heavy (non-hydrogen) atoms. The number of nitrogens with zero attached hydrogens (tertiary/aromatic N) is 1. The molecule has 0 unspecified atom stereocenters. The van der Waals surface area contributed by atoms with E-state index in [0.717, 1.165) is 11.1 Å². The number of amides is 2. The van der Waals surface area contributed by atoms with Crippen molar-refractivity contribution in [3.8, 4) is 5.75 Å². The van der Waals surface area contributed by atoms with Gasteiger partial charge in [-0.3, -0.25) is 9.59 Å². The van der Waals surface area contributed by atoms with E-state index in [1.807, 2.05) is 31.2 Å². The van der Waals surface area contributed by atoms with Gasteiger partial charge in [0.15, 0.2) is 0 Å². The largest absolute Gasteiger partial charge is 0.487 e. The predicted molar refractivity (Wildman–Crippen MR) is 123 cm³/mol. The highest BCUT2D eigenvalue weighted by molar-refractivity contribution is 6.39. The molecule has 0 atom stereocenters. The second-order valence-electron chi connectivity index (χ2n) is 6.59. The van der Waals surface area contributed by atoms with Crippen molar-refractivity contribution in [3.05, 3.63) is 93.5 Å². The molecule has 0 saturated carbocycles. The lowest BCUT2D eigenvalue weighted by molar-refractivity contribution is -0.136. The normalized spacial score (nSPS) is 10.7. The van der Waals surface area contributed by atoms with E-state index in [1.54, 1.807) is 42.5 Å². The Balaban J connectivity index is 1.53. The van der Waals surface area contributed by atoms with Crippen molar-refractivity contribution in [2.45, 2.75) is 13.5 Å². The Morgan fingerprint density at radius 3 is 2.52 bits per heavy atom. The van der Waals surface area contributed by atoms with Gasteiger partial charge >= 0.3 is 11.8 Å². The molecule has 0 fully saturated rings. The summed E-state index contributed by atoms with van der Waals surface area (Å²) < 4.78 is 5.71. The number of hydrogen-bond acceptors (Lipinski definition) is 4. The first-order valence-electron chi connectivity index (χ1n) is 9.29. The van der Waals surface area contributed by atoms with Crippen molar-refractivity contribution >= 4 is 46.9 Å². The summed E-state index contributed by atoms with van der Waals surface area (Å²) in [6, 6.07) is 19.5. The molecule has 8 heteroatoms. The summed E-state index contributed by atoms with van der Waals surface area (Å²) in [5, 5.41) is 7.29. The number of nitrogens with one attached hydrogen (secondary N) is 2. The van der Waals surface area contributed by atoms with E-state index in [0.29, 0.717) is 27.0 Å². The Morgan fingerprint density at radius 2 is 1.77 bits per heavy atom. The molecule has 0 aliphatic heterocycles. The smallest absolute Gasteiger partial charge is 0.329 e. The third-order valence-corrected chi connectivity index (χ3v) is 4.82. The van der Waals surface area contributed by atoms with Gasteiger partial charge < -0.3 is 10.1 Å². The van der Waals surface area contributed by atoms with E-state index in [1.165, 1.54) is 6.21 Å². The summed E-state index contributed by atoms with van der Waals surface area (Å²) in [5.74, 6) is -1.21. The lowest BCUT2D eigenvalue weighted by Gasteiger charge is -2.09. The van der Waals surface area contributed by atoms with Gasteiger partial charge in [-0.15, -0.1) is 0 Å². The average molecular weight is 456 g/mol. The molecule has 0 aliphatic carbocycles. The molecule has 0 aliphatic rings. The molecule has 3 aromatic rings. The van der Waals surface area contributed by atoms with Gasteiger partial charge in [0.2, 0.25) is 0 Å². The number of carbonyl (C=O) groups is 2. The number of hydrazone groups is 1. The Morgan fingerprint density at radius 1 is 0.968 bits per heavy atom. The first kappa shape index (κ1) is 22.3. The van der Waals surface area contributed by atoms with E-state index in [4.69, 9.17) is 27.9 Å². The van der Waals surface area contributed by atoms with E-state index in [9.17, 15) is 9.59 Å². The minimum absolute atomic E-state index is 0.277. The average Bonchev–Trinajstić information content (AvgIpc) is 2.74. The summed E-state index contributed by atoms with van der Waals surface area (Å²) in [5.41, 5.74) is 5.14. The zero-order chi connectivity index (χ0) is 22.2. The minimum atomic E-state index is -0.886. The van der Waals surface area contributed by atoms with Crippen LogP contribution in [0.15, 0.2) is 71.8 Å². The molecule has 0 spiro atoms. The summed E-state index contributed by atoms with van der Waals surface area (Å²) in [6.45, 7) is 2.16. The molecule has 2 amide bonds. The third-order valence-electron chi connectivity index (χ3n) is 4.16. The van der Waals surface area contributed by atoms with Crippen LogP contribution in [-0.2, 0) is 16.2 Å². The number of benzene rings is 3. The van der Waals surface area contributed by atoms with Crippen LogP contribution in [0.25, 0.3) is 0 Å². The topological polar surface area (TPSA) is 79.8 Å². The molecule has 6 nitrogen and oxygen atoms in total. The zero-order valence-corrected chi connectivity index (χ0v) is 18.1. The van der Waals surface area contributed by atoms with Crippen LogP contribution in [0.4, 0.5) is 5.69 Å². The Kier molecular flexibility index (Phi) is 7.65. The van der Waals surface area contributed by atoms with Crippen LogP contribution in [0, 0.1) is 6.92 Å². The van der Waals surface area contributed by atoms with Gasteiger partial charge in [-0.25, -0.2) is 5.43 Å². The Bertz CT molecular complexity index is 1130. The van der Waals surface area contributed by atoms with Gasteiger partial charge in [0.05, 0.1) is 11.2 Å². The lowest BCUT2D eigenvalue weighted by Crippen LogP contribution is -2.32. The highest BCUT2D eigenvalue weighted by atomic mass is 35.5. The number of anilines is 1. The van der Waals surface area contributed by atoms with Crippen LogP contribution in [0.3, 0.4) is 0 Å². The van der Waals surface area contributed by atoms with Gasteiger partial charge in [-0.1, -0.05) is 53.5 Å². The minimum Gasteiger partial charge on any atom is -0.487 e. The maximum Gasteiger partial charge on any atom is 0.329 e. The fraction of sp³-hybridized carbons (Fsp3) is 0.0870. The van der Waals surface area contributed by atoms with Crippen molar-refractivity contribution in [1.82, 2.24) is 5.43 Å². The van der Waals surface area contributed by atoms with Crippen LogP contribution in [0.2, 0.25) is 10.0 Å². The highest BCUT2D eigenvalue weighted by Crippen LogP contribution is 2.27. The van der Waals surface area contributed by atoms with Crippen LogP contribution in [0.5, 0.6) is 5.75 Å². The molecule has 0 heterocycles. The van der Waals surface area contributed by atoms with Crippen molar-refractivity contribution in [2.24, 2.45) is 5.10 Å². The summed E-state index contributed by atoms with van der Waals surface area (Å²) in [6.07, 6.45) is 1.38. The van der Waals surface area contributed by atoms with Gasteiger partial charge in [0, 0.05) is 16.3 Å². The highest BCUT2D eigenvalue weighted by Gasteiger charge is 2.12. The van der Waals surface area contributed by atoms with Crippen molar-refractivity contribution in [3.63, 3.8) is 0 Å². The van der Waals surface area contributed by atoms with Crippen molar-refractivity contribution in [1.29, 1.82) is 0 Å². The van der Waals surface area contributed by atoms with Crippen LogP contribution in [-0.4, -0.2) is 18.0 Å². The molecule has 2 N–H and O–H groups in total. The standard InChI is InChI=1S/C23H19Cl2N3O3/c1-15-5-4-7-18(11-15)27-22(29)23(30)28-26-13-16-9-10-21(20(25)12-16)31-14-17-6-2-3-8-19(17)24/h2-13H,14H2,1H3,(H,27,29)(H,28,30)/b26-13-. The second-order valence-corrected chi connectivity index (χ2v) is 7.41. The Labute approximate surface area is 189 Å². The maximum atomic E-state index is 11.9. The van der Waals surface area contributed by atoms with Gasteiger partial charge in [0.25, 0.3) is 0 Å². The van der Waals surface area contributed by atoms with Gasteiger partial charge in [0.1, 0.15) is 12.4 Å². The molecule has 0 saturated heterocycles. The van der Waals surface area contributed by atoms with E-state index >= 15 is 0 Å². The second kappa shape index (κ2) is 10.6.